The molecule has 0 bridgehead atoms. The van der Waals surface area contributed by atoms with E-state index in [0.29, 0.717) is 24.2 Å². The number of aromatic nitrogens is 1. The standard InChI is InChI=1S/C16H14N2O3/c19-14(13-3-1-2-10-17-13)18-12-6-4-11(5-7-12)16(8-9-16)15(20)21/h1-7,10H,8-9H2,(H,18,19)(H,20,21). The monoisotopic (exact) mass is 282 g/mol. The first-order chi connectivity index (χ1) is 10.1. The van der Waals surface area contributed by atoms with Crippen LogP contribution in [0.4, 0.5) is 5.69 Å². The zero-order chi connectivity index (χ0) is 14.9. The van der Waals surface area contributed by atoms with Crippen molar-refractivity contribution in [3.8, 4) is 0 Å². The van der Waals surface area contributed by atoms with E-state index in [1.165, 1.54) is 0 Å². The maximum atomic E-state index is 11.9. The first-order valence-corrected chi connectivity index (χ1v) is 6.68. The van der Waals surface area contributed by atoms with Gasteiger partial charge in [0.05, 0.1) is 5.41 Å². The van der Waals surface area contributed by atoms with Crippen molar-refractivity contribution in [1.29, 1.82) is 0 Å². The van der Waals surface area contributed by atoms with E-state index in [9.17, 15) is 14.7 Å². The summed E-state index contributed by atoms with van der Waals surface area (Å²) in [6, 6.07) is 12.1. The van der Waals surface area contributed by atoms with Gasteiger partial charge in [0.1, 0.15) is 5.69 Å². The summed E-state index contributed by atoms with van der Waals surface area (Å²) >= 11 is 0. The smallest absolute Gasteiger partial charge is 0.314 e. The lowest BCUT2D eigenvalue weighted by Crippen LogP contribution is -2.19. The molecule has 1 fully saturated rings. The van der Waals surface area contributed by atoms with Crippen LogP contribution in [0.5, 0.6) is 0 Å². The van der Waals surface area contributed by atoms with Crippen LogP contribution in [0.1, 0.15) is 28.9 Å². The number of hydrogen-bond acceptors (Lipinski definition) is 3. The highest BCUT2D eigenvalue weighted by Crippen LogP contribution is 2.48. The molecule has 1 heterocycles. The van der Waals surface area contributed by atoms with Crippen molar-refractivity contribution in [2.75, 3.05) is 5.32 Å². The minimum absolute atomic E-state index is 0.289. The van der Waals surface area contributed by atoms with Crippen LogP contribution in [0.25, 0.3) is 0 Å². The summed E-state index contributed by atoms with van der Waals surface area (Å²) in [5, 5.41) is 12.0. The Balaban J connectivity index is 1.74. The summed E-state index contributed by atoms with van der Waals surface area (Å²) in [6.07, 6.45) is 2.89. The number of carbonyl (C=O) groups is 2. The molecule has 1 aliphatic carbocycles. The molecule has 0 unspecified atom stereocenters. The number of amides is 1. The van der Waals surface area contributed by atoms with Crippen molar-refractivity contribution >= 4 is 17.6 Å². The van der Waals surface area contributed by atoms with Crippen LogP contribution in [0.15, 0.2) is 48.7 Å². The number of hydrogen-bond donors (Lipinski definition) is 2. The summed E-state index contributed by atoms with van der Waals surface area (Å²) in [7, 11) is 0. The van der Waals surface area contributed by atoms with Gasteiger partial charge in [0.2, 0.25) is 0 Å². The molecule has 1 aliphatic rings. The predicted octanol–water partition coefficient (Wildman–Crippen LogP) is 2.45. The van der Waals surface area contributed by atoms with E-state index in [0.717, 1.165) is 5.56 Å². The van der Waals surface area contributed by atoms with Crippen molar-refractivity contribution in [2.24, 2.45) is 0 Å². The molecule has 2 N–H and O–H groups in total. The second-order valence-corrected chi connectivity index (χ2v) is 5.13. The normalized spacial score (nSPS) is 15.2. The van der Waals surface area contributed by atoms with E-state index in [1.54, 1.807) is 48.7 Å². The molecule has 3 rings (SSSR count). The van der Waals surface area contributed by atoms with Gasteiger partial charge in [-0.3, -0.25) is 14.6 Å². The second kappa shape index (κ2) is 5.01. The number of carboxylic acid groups (broad SMARTS) is 1. The van der Waals surface area contributed by atoms with E-state index >= 15 is 0 Å². The third kappa shape index (κ3) is 2.50. The average Bonchev–Trinajstić information content (AvgIpc) is 3.31. The number of pyridine rings is 1. The molecular weight excluding hydrogens is 268 g/mol. The van der Waals surface area contributed by atoms with Crippen LogP contribution < -0.4 is 5.32 Å². The van der Waals surface area contributed by atoms with Gasteiger partial charge in [-0.1, -0.05) is 18.2 Å². The molecule has 21 heavy (non-hydrogen) atoms. The molecule has 1 aromatic carbocycles. The fraction of sp³-hybridized carbons (Fsp3) is 0.188. The van der Waals surface area contributed by atoms with E-state index < -0.39 is 11.4 Å². The molecule has 2 aromatic rings. The molecule has 1 aromatic heterocycles. The summed E-state index contributed by atoms with van der Waals surface area (Å²) in [5.74, 6) is -1.07. The molecule has 0 aliphatic heterocycles. The Labute approximate surface area is 121 Å². The van der Waals surface area contributed by atoms with Gasteiger partial charge < -0.3 is 10.4 Å². The second-order valence-electron chi connectivity index (χ2n) is 5.13. The minimum Gasteiger partial charge on any atom is -0.481 e. The third-order valence-electron chi connectivity index (χ3n) is 3.75. The summed E-state index contributed by atoms with van der Waals surface area (Å²) in [6.45, 7) is 0. The molecular formula is C16H14N2O3. The van der Waals surface area contributed by atoms with Crippen molar-refractivity contribution < 1.29 is 14.7 Å². The quantitative estimate of drug-likeness (QED) is 0.902. The number of benzene rings is 1. The van der Waals surface area contributed by atoms with Gasteiger partial charge >= 0.3 is 5.97 Å². The van der Waals surface area contributed by atoms with Crippen molar-refractivity contribution in [1.82, 2.24) is 4.98 Å². The van der Waals surface area contributed by atoms with E-state index in [2.05, 4.69) is 10.3 Å². The third-order valence-corrected chi connectivity index (χ3v) is 3.75. The summed E-state index contributed by atoms with van der Waals surface area (Å²) in [5.41, 5.74) is 1.02. The Morgan fingerprint density at radius 2 is 1.81 bits per heavy atom. The van der Waals surface area contributed by atoms with Crippen LogP contribution in [0.3, 0.4) is 0 Å². The van der Waals surface area contributed by atoms with Gasteiger partial charge in [0, 0.05) is 11.9 Å². The fourth-order valence-electron chi connectivity index (χ4n) is 2.32. The van der Waals surface area contributed by atoms with Gasteiger partial charge in [-0.2, -0.15) is 0 Å². The molecule has 106 valence electrons. The largest absolute Gasteiger partial charge is 0.481 e. The lowest BCUT2D eigenvalue weighted by Gasteiger charge is -2.11. The van der Waals surface area contributed by atoms with E-state index in [1.807, 2.05) is 0 Å². The predicted molar refractivity (Wildman–Crippen MR) is 77.2 cm³/mol. The zero-order valence-corrected chi connectivity index (χ0v) is 11.2. The molecule has 5 heteroatoms. The minimum atomic E-state index is -0.784. The average molecular weight is 282 g/mol. The maximum Gasteiger partial charge on any atom is 0.314 e. The Kier molecular flexibility index (Phi) is 3.17. The Morgan fingerprint density at radius 1 is 1.10 bits per heavy atom. The molecule has 0 atom stereocenters. The van der Waals surface area contributed by atoms with Gasteiger partial charge in [-0.05, 0) is 42.7 Å². The van der Waals surface area contributed by atoms with Gasteiger partial charge in [-0.25, -0.2) is 0 Å². The Hall–Kier alpha value is -2.69. The van der Waals surface area contributed by atoms with Gasteiger partial charge in [0.15, 0.2) is 0 Å². The number of rotatable bonds is 4. The lowest BCUT2D eigenvalue weighted by molar-refractivity contribution is -0.140. The number of anilines is 1. The van der Waals surface area contributed by atoms with E-state index in [-0.39, 0.29) is 5.91 Å². The molecule has 0 spiro atoms. The number of carboxylic acids is 1. The number of nitrogens with zero attached hydrogens (tertiary/aromatic N) is 1. The molecule has 1 saturated carbocycles. The van der Waals surface area contributed by atoms with Crippen LogP contribution in [-0.4, -0.2) is 22.0 Å². The topological polar surface area (TPSA) is 79.3 Å². The lowest BCUT2D eigenvalue weighted by atomic mass is 9.96. The number of aliphatic carboxylic acids is 1. The van der Waals surface area contributed by atoms with Crippen molar-refractivity contribution in [3.05, 3.63) is 59.9 Å². The first kappa shape index (κ1) is 13.3. The fourth-order valence-corrected chi connectivity index (χ4v) is 2.32. The molecule has 0 saturated heterocycles. The SMILES string of the molecule is O=C(Nc1ccc(C2(C(=O)O)CC2)cc1)c1ccccn1. The van der Waals surface area contributed by atoms with Gasteiger partial charge in [-0.15, -0.1) is 0 Å². The van der Waals surface area contributed by atoms with Gasteiger partial charge in [0.25, 0.3) is 5.91 Å². The van der Waals surface area contributed by atoms with Crippen LogP contribution in [0, 0.1) is 0 Å². The molecule has 0 radical (unpaired) electrons. The Morgan fingerprint density at radius 3 is 2.33 bits per heavy atom. The van der Waals surface area contributed by atoms with Crippen LogP contribution in [-0.2, 0) is 10.2 Å². The van der Waals surface area contributed by atoms with Crippen LogP contribution >= 0.6 is 0 Å². The zero-order valence-electron chi connectivity index (χ0n) is 11.2. The number of carbonyl (C=O) groups excluding carboxylic acids is 1. The Bertz CT molecular complexity index is 676. The van der Waals surface area contributed by atoms with E-state index in [4.69, 9.17) is 0 Å². The summed E-state index contributed by atoms with van der Waals surface area (Å²) < 4.78 is 0. The van der Waals surface area contributed by atoms with Crippen molar-refractivity contribution in [2.45, 2.75) is 18.3 Å². The highest BCUT2D eigenvalue weighted by atomic mass is 16.4. The summed E-state index contributed by atoms with van der Waals surface area (Å²) in [4.78, 5) is 27.2. The van der Waals surface area contributed by atoms with Crippen molar-refractivity contribution in [3.63, 3.8) is 0 Å². The maximum absolute atomic E-state index is 11.9. The molecule has 5 nitrogen and oxygen atoms in total. The van der Waals surface area contributed by atoms with Crippen LogP contribution in [0.2, 0.25) is 0 Å². The highest BCUT2D eigenvalue weighted by Gasteiger charge is 2.51. The first-order valence-electron chi connectivity index (χ1n) is 6.68. The highest BCUT2D eigenvalue weighted by molar-refractivity contribution is 6.02. The molecule has 1 amide bonds. The number of nitrogens with one attached hydrogen (secondary N) is 1.